The molecule has 1 atom stereocenters. The summed E-state index contributed by atoms with van der Waals surface area (Å²) < 4.78 is 0. The minimum absolute atomic E-state index is 0. The van der Waals surface area contributed by atoms with Crippen LogP contribution in [0.5, 0.6) is 0 Å². The van der Waals surface area contributed by atoms with Crippen LogP contribution in [0.2, 0.25) is 0 Å². The number of rotatable bonds is 4. The number of hydrogen-bond donors (Lipinski definition) is 0. The second-order valence-corrected chi connectivity index (χ2v) is 2.42. The topological polar surface area (TPSA) is 0 Å². The molecule has 0 aromatic heterocycles. The Morgan fingerprint density at radius 2 is 1.70 bits per heavy atom. The zero-order chi connectivity index (χ0) is 6.41. The average Bonchev–Trinajstić information content (AvgIpc) is 1.83. The van der Waals surface area contributed by atoms with Crippen molar-refractivity contribution in [3.63, 3.8) is 0 Å². The first-order chi connectivity index (χ1) is 3.81. The zero-order valence-corrected chi connectivity index (χ0v) is 6.11. The Morgan fingerprint density at radius 1 is 1.20 bits per heavy atom. The molecule has 0 bridgehead atoms. The van der Waals surface area contributed by atoms with Gasteiger partial charge in [0.05, 0.1) is 0 Å². The van der Waals surface area contributed by atoms with Gasteiger partial charge in [0.2, 0.25) is 0 Å². The predicted octanol–water partition coefficient (Wildman–Crippen LogP) is 1.74. The summed E-state index contributed by atoms with van der Waals surface area (Å²) in [5.41, 5.74) is 0. The van der Waals surface area contributed by atoms with Crippen LogP contribution in [0.1, 0.15) is 39.5 Å². The fraction of sp³-hybridized carbons (Fsp3) is 0.875. The second-order valence-electron chi connectivity index (χ2n) is 2.42. The molecule has 0 spiro atoms. The van der Waals surface area contributed by atoms with E-state index >= 15 is 0 Å². The van der Waals surface area contributed by atoms with E-state index < -0.39 is 0 Å². The molecule has 0 aromatic rings. The third kappa shape index (κ3) is 12.7. The second kappa shape index (κ2) is 13.6. The van der Waals surface area contributed by atoms with Gasteiger partial charge < -0.3 is 0 Å². The third-order valence-corrected chi connectivity index (χ3v) is 1.54. The van der Waals surface area contributed by atoms with Gasteiger partial charge in [-0.2, -0.15) is 0 Å². The summed E-state index contributed by atoms with van der Waals surface area (Å²) in [4.78, 5) is 0. The molecule has 0 rings (SSSR count). The van der Waals surface area contributed by atoms with Gasteiger partial charge in [0.25, 0.3) is 0 Å². The Bertz CT molecular complexity index is 46.5. The Kier molecular flexibility index (Phi) is 24.3. The van der Waals surface area contributed by atoms with Gasteiger partial charge in [-0.05, 0) is 5.92 Å². The molecule has 1 unspecified atom stereocenters. The molecule has 0 nitrogen and oxygen atoms in total. The first-order valence-corrected chi connectivity index (χ1v) is 3.64. The van der Waals surface area contributed by atoms with E-state index in [2.05, 4.69) is 20.8 Å². The Labute approximate surface area is 110 Å². The predicted molar refractivity (Wildman–Crippen MR) is 53.0 cm³/mol. The quantitative estimate of drug-likeness (QED) is 0.551. The Balaban J connectivity index is -0.000000245. The molecule has 0 aliphatic carbocycles. The van der Waals surface area contributed by atoms with Crippen molar-refractivity contribution >= 4 is 59.1 Å². The van der Waals surface area contributed by atoms with Gasteiger partial charge >= 0.3 is 59.1 Å². The molecule has 2 heteroatoms. The molecule has 0 saturated heterocycles. The van der Waals surface area contributed by atoms with Crippen LogP contribution < -0.4 is 0 Å². The molecule has 0 saturated carbocycles. The van der Waals surface area contributed by atoms with Crippen LogP contribution in [0.4, 0.5) is 0 Å². The van der Waals surface area contributed by atoms with Crippen LogP contribution in [0.3, 0.4) is 0 Å². The summed E-state index contributed by atoms with van der Waals surface area (Å²) in [6, 6.07) is 0. The van der Waals surface area contributed by atoms with Crippen molar-refractivity contribution in [2.45, 2.75) is 39.5 Å². The van der Waals surface area contributed by atoms with Gasteiger partial charge in [-0.3, -0.25) is 0 Å². The Hall–Kier alpha value is 2.00. The first kappa shape index (κ1) is 17.9. The molecule has 0 aromatic carbocycles. The maximum atomic E-state index is 3.99. The molecule has 0 aliphatic rings. The number of unbranched alkanes of at least 4 members (excludes halogenated alkanes) is 1. The van der Waals surface area contributed by atoms with Gasteiger partial charge in [0.1, 0.15) is 0 Å². The fourth-order valence-corrected chi connectivity index (χ4v) is 0.697. The van der Waals surface area contributed by atoms with Crippen molar-refractivity contribution in [2.24, 2.45) is 5.92 Å². The molecule has 53 valence electrons. The van der Waals surface area contributed by atoms with Crippen molar-refractivity contribution in [2.75, 3.05) is 0 Å². The van der Waals surface area contributed by atoms with E-state index in [1.54, 1.807) is 0 Å². The van der Waals surface area contributed by atoms with Gasteiger partial charge in [-0.1, -0.05) is 46.5 Å². The van der Waals surface area contributed by atoms with Crippen LogP contribution >= 0.6 is 0 Å². The van der Waals surface area contributed by atoms with E-state index in [1.165, 1.54) is 25.7 Å². The average molecular weight is 161 g/mol. The maximum absolute atomic E-state index is 3.99. The van der Waals surface area contributed by atoms with Crippen LogP contribution in [0.25, 0.3) is 0 Å². The SMILES string of the molecule is [CH2]C(CC)CCCC.[NaH].[NaH]. The van der Waals surface area contributed by atoms with Gasteiger partial charge in [-0.15, -0.1) is 0 Å². The van der Waals surface area contributed by atoms with E-state index in [0.717, 1.165) is 0 Å². The molecule has 10 heavy (non-hydrogen) atoms. The molecule has 0 amide bonds. The van der Waals surface area contributed by atoms with E-state index in [-0.39, 0.29) is 59.1 Å². The summed E-state index contributed by atoms with van der Waals surface area (Å²) in [6.45, 7) is 8.42. The van der Waals surface area contributed by atoms with E-state index in [4.69, 9.17) is 0 Å². The van der Waals surface area contributed by atoms with Crippen molar-refractivity contribution in [3.8, 4) is 0 Å². The van der Waals surface area contributed by atoms with Gasteiger partial charge in [0, 0.05) is 0 Å². The normalized spacial score (nSPS) is 11.1. The summed E-state index contributed by atoms with van der Waals surface area (Å²) in [5, 5.41) is 0. The molecular formula is C8H19Na2. The van der Waals surface area contributed by atoms with E-state index in [0.29, 0.717) is 5.92 Å². The van der Waals surface area contributed by atoms with Crippen LogP contribution in [-0.4, -0.2) is 59.1 Å². The summed E-state index contributed by atoms with van der Waals surface area (Å²) in [6.07, 6.45) is 5.21. The van der Waals surface area contributed by atoms with Crippen molar-refractivity contribution < 1.29 is 0 Å². The van der Waals surface area contributed by atoms with Crippen LogP contribution in [0.15, 0.2) is 0 Å². The number of hydrogen-bond acceptors (Lipinski definition) is 0. The monoisotopic (exact) mass is 161 g/mol. The van der Waals surface area contributed by atoms with E-state index in [9.17, 15) is 0 Å². The summed E-state index contributed by atoms with van der Waals surface area (Å²) in [7, 11) is 0. The minimum atomic E-state index is 0. The molecule has 1 radical (unpaired) electrons. The molecule has 0 heterocycles. The fourth-order valence-electron chi connectivity index (χ4n) is 0.697. The molecular weight excluding hydrogens is 142 g/mol. The zero-order valence-electron chi connectivity index (χ0n) is 6.11. The van der Waals surface area contributed by atoms with Crippen LogP contribution in [0, 0.1) is 12.8 Å². The molecule has 0 fully saturated rings. The standard InChI is InChI=1S/C8H17.2Na.2H/c1-4-6-7-8(3)5-2;;;;/h8H,3-7H2,1-2H3;;;;. The molecule has 0 aliphatic heterocycles. The van der Waals surface area contributed by atoms with Crippen molar-refractivity contribution in [1.29, 1.82) is 0 Å². The Morgan fingerprint density at radius 3 is 2.00 bits per heavy atom. The van der Waals surface area contributed by atoms with Gasteiger partial charge in [-0.25, -0.2) is 0 Å². The summed E-state index contributed by atoms with van der Waals surface area (Å²) >= 11 is 0. The molecule has 0 N–H and O–H groups in total. The van der Waals surface area contributed by atoms with Gasteiger partial charge in [0.15, 0.2) is 0 Å². The van der Waals surface area contributed by atoms with Crippen LogP contribution in [-0.2, 0) is 0 Å². The van der Waals surface area contributed by atoms with Crippen molar-refractivity contribution in [3.05, 3.63) is 6.92 Å². The van der Waals surface area contributed by atoms with E-state index in [1.807, 2.05) is 0 Å². The third-order valence-electron chi connectivity index (χ3n) is 1.54. The first-order valence-electron chi connectivity index (χ1n) is 3.64. The van der Waals surface area contributed by atoms with Crippen molar-refractivity contribution in [1.82, 2.24) is 0 Å². The summed E-state index contributed by atoms with van der Waals surface area (Å²) in [5.74, 6) is 0.704.